The number of carbonyl (C=O) groups is 1. The number of benzene rings is 3. The summed E-state index contributed by atoms with van der Waals surface area (Å²) >= 11 is 0. The standard InChI is InChI=1S/C27H26O3/c1-16-5-7-18(8-6-16)24-25-20-13-19(29-4)11-9-17(20)10-12-22(25)30-23-15-27(2,3)14-21(28)26(23)24/h5-13,24H,14-15H2,1-4H3. The SMILES string of the molecule is COc1ccc2ccc3c(c2c1)C(c1ccc(C)cc1)C1=C(CC(C)(C)CC1=O)O3. The average Bonchev–Trinajstić information content (AvgIpc) is 2.71. The number of allylic oxidation sites excluding steroid dienone is 2. The number of aryl methyl sites for hydroxylation is 1. The molecule has 1 heterocycles. The summed E-state index contributed by atoms with van der Waals surface area (Å²) in [7, 11) is 1.68. The molecule has 2 aliphatic rings. The molecule has 0 fully saturated rings. The molecular weight excluding hydrogens is 372 g/mol. The molecule has 3 nitrogen and oxygen atoms in total. The second-order valence-electron chi connectivity index (χ2n) is 9.29. The van der Waals surface area contributed by atoms with Crippen LogP contribution in [0.5, 0.6) is 11.5 Å². The van der Waals surface area contributed by atoms with Gasteiger partial charge >= 0.3 is 0 Å². The number of hydrogen-bond donors (Lipinski definition) is 0. The summed E-state index contributed by atoms with van der Waals surface area (Å²) < 4.78 is 11.9. The monoisotopic (exact) mass is 398 g/mol. The number of ether oxygens (including phenoxy) is 2. The summed E-state index contributed by atoms with van der Waals surface area (Å²) in [4.78, 5) is 13.4. The Balaban J connectivity index is 1.81. The topological polar surface area (TPSA) is 35.5 Å². The van der Waals surface area contributed by atoms with Gasteiger partial charge in [-0.1, -0.05) is 55.8 Å². The Morgan fingerprint density at radius 2 is 1.73 bits per heavy atom. The Hall–Kier alpha value is -3.07. The zero-order chi connectivity index (χ0) is 21.0. The van der Waals surface area contributed by atoms with E-state index in [4.69, 9.17) is 9.47 Å². The molecule has 0 bridgehead atoms. The van der Waals surface area contributed by atoms with E-state index in [1.165, 1.54) is 5.56 Å². The predicted molar refractivity (Wildman–Crippen MR) is 119 cm³/mol. The molecule has 0 saturated carbocycles. The maximum Gasteiger partial charge on any atom is 0.163 e. The molecule has 5 rings (SSSR count). The van der Waals surface area contributed by atoms with Crippen LogP contribution in [0.1, 0.15) is 49.3 Å². The molecule has 1 aliphatic carbocycles. The van der Waals surface area contributed by atoms with Gasteiger partial charge in [0.2, 0.25) is 0 Å². The summed E-state index contributed by atoms with van der Waals surface area (Å²) in [6.45, 7) is 6.36. The Morgan fingerprint density at radius 1 is 1.00 bits per heavy atom. The minimum atomic E-state index is -0.135. The smallest absolute Gasteiger partial charge is 0.163 e. The van der Waals surface area contributed by atoms with E-state index in [1.54, 1.807) is 7.11 Å². The van der Waals surface area contributed by atoms with Gasteiger partial charge in [-0.25, -0.2) is 0 Å². The van der Waals surface area contributed by atoms with Gasteiger partial charge in [0.05, 0.1) is 7.11 Å². The minimum absolute atomic E-state index is 0.0919. The molecule has 30 heavy (non-hydrogen) atoms. The first-order valence-electron chi connectivity index (χ1n) is 10.5. The third-order valence-electron chi connectivity index (χ3n) is 6.33. The van der Waals surface area contributed by atoms with Crippen LogP contribution < -0.4 is 9.47 Å². The van der Waals surface area contributed by atoms with Crippen LogP contribution in [0.25, 0.3) is 10.8 Å². The fourth-order valence-corrected chi connectivity index (χ4v) is 4.88. The number of rotatable bonds is 2. The first kappa shape index (κ1) is 18.9. The highest BCUT2D eigenvalue weighted by molar-refractivity contribution is 6.02. The van der Waals surface area contributed by atoms with Gasteiger partial charge in [0, 0.05) is 29.9 Å². The molecule has 0 spiro atoms. The summed E-state index contributed by atoms with van der Waals surface area (Å²) in [5.74, 6) is 2.53. The maximum atomic E-state index is 13.4. The molecule has 1 atom stereocenters. The predicted octanol–water partition coefficient (Wildman–Crippen LogP) is 6.32. The van der Waals surface area contributed by atoms with Gasteiger partial charge in [-0.05, 0) is 46.9 Å². The maximum absolute atomic E-state index is 13.4. The van der Waals surface area contributed by atoms with Crippen molar-refractivity contribution >= 4 is 16.6 Å². The van der Waals surface area contributed by atoms with Gasteiger partial charge in [0.25, 0.3) is 0 Å². The van der Waals surface area contributed by atoms with Crippen molar-refractivity contribution in [1.29, 1.82) is 0 Å². The van der Waals surface area contributed by atoms with Gasteiger partial charge in [0.15, 0.2) is 5.78 Å². The Labute approximate surface area is 177 Å². The van der Waals surface area contributed by atoms with Crippen LogP contribution in [0.2, 0.25) is 0 Å². The van der Waals surface area contributed by atoms with E-state index in [2.05, 4.69) is 63.2 Å². The highest BCUT2D eigenvalue weighted by atomic mass is 16.5. The van der Waals surface area contributed by atoms with Crippen molar-refractivity contribution in [3.05, 3.63) is 82.6 Å². The molecule has 3 aromatic carbocycles. The fourth-order valence-electron chi connectivity index (χ4n) is 4.88. The summed E-state index contributed by atoms with van der Waals surface area (Å²) in [5, 5.41) is 2.18. The lowest BCUT2D eigenvalue weighted by atomic mass is 9.69. The number of ketones is 1. The third-order valence-corrected chi connectivity index (χ3v) is 6.33. The van der Waals surface area contributed by atoms with E-state index < -0.39 is 0 Å². The number of fused-ring (bicyclic) bond motifs is 3. The Kier molecular flexibility index (Phi) is 4.25. The highest BCUT2D eigenvalue weighted by Crippen LogP contribution is 2.52. The lowest BCUT2D eigenvalue weighted by Crippen LogP contribution is -2.33. The first-order valence-corrected chi connectivity index (χ1v) is 10.5. The Bertz CT molecular complexity index is 1200. The molecule has 1 unspecified atom stereocenters. The van der Waals surface area contributed by atoms with Crippen molar-refractivity contribution < 1.29 is 14.3 Å². The largest absolute Gasteiger partial charge is 0.497 e. The minimum Gasteiger partial charge on any atom is -0.497 e. The van der Waals surface area contributed by atoms with Crippen LogP contribution in [0.15, 0.2) is 65.9 Å². The average molecular weight is 399 g/mol. The van der Waals surface area contributed by atoms with Gasteiger partial charge in [-0.15, -0.1) is 0 Å². The molecule has 0 aromatic heterocycles. The number of hydrogen-bond acceptors (Lipinski definition) is 3. The van der Waals surface area contributed by atoms with E-state index >= 15 is 0 Å². The normalized spacial score (nSPS) is 19.9. The van der Waals surface area contributed by atoms with Crippen molar-refractivity contribution in [2.75, 3.05) is 7.11 Å². The number of Topliss-reactive ketones (excluding diaryl/α,β-unsaturated/α-hetero) is 1. The van der Waals surface area contributed by atoms with Crippen LogP contribution in [-0.2, 0) is 4.79 Å². The molecule has 0 radical (unpaired) electrons. The third kappa shape index (κ3) is 3.00. The Morgan fingerprint density at radius 3 is 2.47 bits per heavy atom. The van der Waals surface area contributed by atoms with E-state index in [-0.39, 0.29) is 17.1 Å². The molecule has 1 aliphatic heterocycles. The van der Waals surface area contributed by atoms with Crippen LogP contribution in [0.4, 0.5) is 0 Å². The quantitative estimate of drug-likeness (QED) is 0.506. The molecule has 0 N–H and O–H groups in total. The van der Waals surface area contributed by atoms with Crippen molar-refractivity contribution in [3.63, 3.8) is 0 Å². The molecule has 0 saturated heterocycles. The molecule has 3 heteroatoms. The summed E-state index contributed by atoms with van der Waals surface area (Å²) in [6.07, 6.45) is 1.31. The van der Waals surface area contributed by atoms with Gasteiger partial charge in [-0.2, -0.15) is 0 Å². The fraction of sp³-hybridized carbons (Fsp3) is 0.296. The zero-order valence-electron chi connectivity index (χ0n) is 17.9. The molecule has 152 valence electrons. The van der Waals surface area contributed by atoms with Crippen molar-refractivity contribution in [2.45, 2.75) is 39.5 Å². The van der Waals surface area contributed by atoms with Crippen LogP contribution in [-0.4, -0.2) is 12.9 Å². The molecule has 3 aromatic rings. The molecular formula is C27H26O3. The van der Waals surface area contributed by atoms with E-state index in [0.717, 1.165) is 51.2 Å². The van der Waals surface area contributed by atoms with Crippen LogP contribution in [0, 0.1) is 12.3 Å². The van der Waals surface area contributed by atoms with Crippen molar-refractivity contribution in [1.82, 2.24) is 0 Å². The van der Waals surface area contributed by atoms with Crippen molar-refractivity contribution in [3.8, 4) is 11.5 Å². The zero-order valence-corrected chi connectivity index (χ0v) is 17.9. The highest BCUT2D eigenvalue weighted by Gasteiger charge is 2.42. The van der Waals surface area contributed by atoms with Crippen LogP contribution in [0.3, 0.4) is 0 Å². The lowest BCUT2D eigenvalue weighted by Gasteiger charge is -2.38. The van der Waals surface area contributed by atoms with Crippen LogP contribution >= 0.6 is 0 Å². The van der Waals surface area contributed by atoms with E-state index in [1.807, 2.05) is 12.1 Å². The van der Waals surface area contributed by atoms with Crippen molar-refractivity contribution in [2.24, 2.45) is 5.41 Å². The van der Waals surface area contributed by atoms with Gasteiger partial charge in [0.1, 0.15) is 17.3 Å². The van der Waals surface area contributed by atoms with Gasteiger partial charge in [-0.3, -0.25) is 4.79 Å². The second-order valence-corrected chi connectivity index (χ2v) is 9.29. The second kappa shape index (κ2) is 6.73. The summed E-state index contributed by atoms with van der Waals surface area (Å²) in [5.41, 5.74) is 4.12. The first-order chi connectivity index (χ1) is 14.4. The summed E-state index contributed by atoms with van der Waals surface area (Å²) in [6, 6.07) is 18.7. The van der Waals surface area contributed by atoms with E-state index in [9.17, 15) is 4.79 Å². The number of methoxy groups -OCH3 is 1. The van der Waals surface area contributed by atoms with Gasteiger partial charge < -0.3 is 9.47 Å². The number of carbonyl (C=O) groups excluding carboxylic acids is 1. The molecule has 0 amide bonds. The van der Waals surface area contributed by atoms with E-state index in [0.29, 0.717) is 6.42 Å². The lowest BCUT2D eigenvalue weighted by molar-refractivity contribution is -0.118.